The van der Waals surface area contributed by atoms with E-state index < -0.39 is 8.07 Å². The molecule has 0 aliphatic heterocycles. The molecule has 0 nitrogen and oxygen atoms in total. The quantitative estimate of drug-likeness (QED) is 0.0243. The number of benzene rings is 4. The number of hydrogen-bond acceptors (Lipinski definition) is 0. The maximum atomic E-state index is 2.82. The van der Waals surface area contributed by atoms with Gasteiger partial charge in [0.2, 0.25) is 0 Å². The second-order valence-electron chi connectivity index (χ2n) is 21.2. The third kappa shape index (κ3) is 21.0. The largest absolute Gasteiger partial charge is 1.00 e. The fraction of sp³-hybridized carbons (Fsp3) is 0.576. The summed E-state index contributed by atoms with van der Waals surface area (Å²) in [5, 5.41) is 6.82. The second kappa shape index (κ2) is 37.8. The van der Waals surface area contributed by atoms with Crippen LogP contribution in [0.1, 0.15) is 241 Å². The normalized spacial score (nSPS) is 12.4. The molecule has 1 aliphatic rings. The summed E-state index contributed by atoms with van der Waals surface area (Å²) in [4.78, 5) is 0. The molecular weight excluding hydrogens is 975 g/mol. The number of unbranched alkanes of at least 4 members (excludes halogenated alkanes) is 18. The average molecular weight is 1070 g/mol. The topological polar surface area (TPSA) is 0 Å². The van der Waals surface area contributed by atoms with Crippen LogP contribution in [-0.2, 0) is 65.4 Å². The van der Waals surface area contributed by atoms with Gasteiger partial charge in [0.05, 0.1) is 0 Å². The molecule has 5 heteroatoms. The maximum Gasteiger partial charge on any atom is -1.00 e. The van der Waals surface area contributed by atoms with Crippen molar-refractivity contribution in [3.05, 3.63) is 145 Å². The first-order chi connectivity index (χ1) is 33.4. The van der Waals surface area contributed by atoms with E-state index in [0.29, 0.717) is 0 Å². The van der Waals surface area contributed by atoms with Gasteiger partial charge in [-0.15, -0.1) is 0 Å². The molecule has 0 bridgehead atoms. The average Bonchev–Trinajstić information content (AvgIpc) is 3.71. The second-order valence-corrected chi connectivity index (χ2v) is 25.8. The van der Waals surface area contributed by atoms with E-state index in [-0.39, 0.29) is 37.2 Å². The van der Waals surface area contributed by atoms with E-state index in [4.69, 9.17) is 0 Å². The van der Waals surface area contributed by atoms with Crippen LogP contribution in [0.15, 0.2) is 106 Å². The SMILES string of the molecule is CCCCCCc1cc(CCCCCC)cc([Si](C2=C(Cc3ccccc3)[C]([Ti+3])=CC2)(c2cc(CCCCCC)cc(CCCCCC)c2)c2cc(CCCCCC)cc(CCCCCC)c2)c1.[Cl-].[Cl-].[Cl-]. The van der Waals surface area contributed by atoms with Crippen LogP contribution in [-0.4, -0.2) is 8.07 Å². The van der Waals surface area contributed by atoms with E-state index in [1.165, 1.54) is 202 Å². The van der Waals surface area contributed by atoms with Crippen molar-refractivity contribution in [2.75, 3.05) is 0 Å². The van der Waals surface area contributed by atoms with Gasteiger partial charge in [-0.2, -0.15) is 0 Å². The van der Waals surface area contributed by atoms with Crippen LogP contribution in [0.2, 0.25) is 0 Å². The Balaban J connectivity index is 0.00000576. The maximum absolute atomic E-state index is 2.94. The Morgan fingerprint density at radius 3 is 0.901 bits per heavy atom. The molecule has 0 fully saturated rings. The van der Waals surface area contributed by atoms with E-state index in [0.717, 1.165) is 12.8 Å². The summed E-state index contributed by atoms with van der Waals surface area (Å²) in [5.41, 5.74) is 12.7. The Hall–Kier alpha value is -1.84. The molecule has 1 aliphatic carbocycles. The molecule has 71 heavy (non-hydrogen) atoms. The summed E-state index contributed by atoms with van der Waals surface area (Å²) >= 11 is 2.46. The number of rotatable bonds is 36. The van der Waals surface area contributed by atoms with Crippen LogP contribution in [0.25, 0.3) is 0 Å². The third-order valence-electron chi connectivity index (χ3n) is 15.2. The fourth-order valence-corrected chi connectivity index (χ4v) is 17.6. The molecule has 0 aromatic heterocycles. The zero-order chi connectivity index (χ0) is 48.2. The van der Waals surface area contributed by atoms with Crippen molar-refractivity contribution in [1.29, 1.82) is 0 Å². The number of halogens is 3. The van der Waals surface area contributed by atoms with E-state index in [1.54, 1.807) is 59.7 Å². The van der Waals surface area contributed by atoms with Crippen LogP contribution in [0, 0.1) is 0 Å². The van der Waals surface area contributed by atoms with Gasteiger partial charge < -0.3 is 37.2 Å². The summed E-state index contributed by atoms with van der Waals surface area (Å²) in [5.74, 6) is 0. The van der Waals surface area contributed by atoms with Crippen LogP contribution < -0.4 is 52.8 Å². The van der Waals surface area contributed by atoms with Crippen LogP contribution in [0.4, 0.5) is 0 Å². The summed E-state index contributed by atoms with van der Waals surface area (Å²) in [6.45, 7) is 14.2. The number of allylic oxidation sites excluding steroid dienone is 4. The van der Waals surface area contributed by atoms with Crippen molar-refractivity contribution in [2.45, 2.75) is 247 Å². The Labute approximate surface area is 469 Å². The Morgan fingerprint density at radius 2 is 0.634 bits per heavy atom. The van der Waals surface area contributed by atoms with Crippen molar-refractivity contribution in [2.24, 2.45) is 0 Å². The molecule has 0 saturated heterocycles. The van der Waals surface area contributed by atoms with Crippen LogP contribution >= 0.6 is 0 Å². The molecule has 0 radical (unpaired) electrons. The zero-order valence-electron chi connectivity index (χ0n) is 45.9. The molecule has 0 heterocycles. The molecule has 0 amide bonds. The van der Waals surface area contributed by atoms with Crippen molar-refractivity contribution >= 4 is 23.6 Å². The van der Waals surface area contributed by atoms with Crippen LogP contribution in [0.3, 0.4) is 0 Å². The predicted molar refractivity (Wildman–Crippen MR) is 301 cm³/mol. The predicted octanol–water partition coefficient (Wildman–Crippen LogP) is 8.82. The van der Waals surface area contributed by atoms with Crippen molar-refractivity contribution in [1.82, 2.24) is 0 Å². The molecule has 4 aromatic carbocycles. The van der Waals surface area contributed by atoms with Gasteiger partial charge >= 0.3 is 394 Å². The van der Waals surface area contributed by atoms with Crippen molar-refractivity contribution < 1.29 is 57.7 Å². The first-order valence-corrected chi connectivity index (χ1v) is 31.8. The van der Waals surface area contributed by atoms with Gasteiger partial charge in [-0.3, -0.25) is 0 Å². The minimum absolute atomic E-state index is 0. The molecule has 0 unspecified atom stereocenters. The molecule has 0 atom stereocenters. The first-order valence-electron chi connectivity index (χ1n) is 29.0. The number of hydrogen-bond donors (Lipinski definition) is 0. The monoisotopic (exact) mass is 1070 g/mol. The molecule has 0 spiro atoms. The molecule has 0 saturated carbocycles. The van der Waals surface area contributed by atoms with Crippen LogP contribution in [0.5, 0.6) is 0 Å². The molecule has 0 N–H and O–H groups in total. The summed E-state index contributed by atoms with van der Waals surface area (Å²) < 4.78 is 1.52. The van der Waals surface area contributed by atoms with E-state index in [1.807, 2.05) is 0 Å². The minimum Gasteiger partial charge on any atom is -1.00 e. The van der Waals surface area contributed by atoms with Gasteiger partial charge in [0, 0.05) is 0 Å². The summed E-state index contributed by atoms with van der Waals surface area (Å²) in [7, 11) is -2.94. The van der Waals surface area contributed by atoms with Gasteiger partial charge in [-0.25, -0.2) is 0 Å². The van der Waals surface area contributed by atoms with Gasteiger partial charge in [0.25, 0.3) is 0 Å². The molecule has 4 aromatic rings. The van der Waals surface area contributed by atoms with Crippen molar-refractivity contribution in [3.8, 4) is 0 Å². The third-order valence-corrected chi connectivity index (χ3v) is 20.9. The summed E-state index contributed by atoms with van der Waals surface area (Å²) in [6.07, 6.45) is 43.2. The summed E-state index contributed by atoms with van der Waals surface area (Å²) in [6, 6.07) is 36.4. The smallest absolute Gasteiger partial charge is 1.00 e. The van der Waals surface area contributed by atoms with E-state index >= 15 is 0 Å². The van der Waals surface area contributed by atoms with E-state index in [9.17, 15) is 0 Å². The van der Waals surface area contributed by atoms with E-state index in [2.05, 4.69) is 153 Å². The molecule has 390 valence electrons. The molecule has 5 rings (SSSR count). The first kappa shape index (κ1) is 65.3. The van der Waals surface area contributed by atoms with Gasteiger partial charge in [-0.1, -0.05) is 41.5 Å². The van der Waals surface area contributed by atoms with Gasteiger partial charge in [0.1, 0.15) is 0 Å². The Bertz CT molecular complexity index is 1840. The Morgan fingerprint density at radius 1 is 0.352 bits per heavy atom. The standard InChI is InChI=1S/C66H97Si.3ClH.Ti/c1-7-13-19-26-37-56-45-57(38-27-20-14-8-2)50-63(49-56)67(66-44-34-43-62(66)48-55-35-32-25-33-36-55,64-51-58(39-28-21-15-9-3)46-59(52-64)40-29-22-16-10-4)65-53-60(41-30-23-17-11-5)47-61(54-65)42-31-24-18-12-6;;;;/h25,32-36,45-47,49-54H,7-24,26-31,37-42,44,48H2,1-6H3;3*1H;/q;;;;+3/p-3. The van der Waals surface area contributed by atoms with Gasteiger partial charge in [0.15, 0.2) is 0 Å². The minimum atomic E-state index is -2.94. The number of aryl methyl sites for hydroxylation is 6. The molecular formula is C66H97Cl3SiTi. The van der Waals surface area contributed by atoms with Gasteiger partial charge in [-0.05, 0) is 0 Å². The van der Waals surface area contributed by atoms with Crippen molar-refractivity contribution in [3.63, 3.8) is 0 Å². The fourth-order valence-electron chi connectivity index (χ4n) is 11.4. The zero-order valence-corrected chi connectivity index (χ0v) is 50.8. The Kier molecular flexibility index (Phi) is 34.8.